The Morgan fingerprint density at radius 3 is 1.21 bits per heavy atom. The fraction of sp³-hybridized carbons (Fsp3) is 0.250. The van der Waals surface area contributed by atoms with Gasteiger partial charge in [0.1, 0.15) is 0 Å². The highest BCUT2D eigenvalue weighted by Crippen LogP contribution is 2.58. The quantitative estimate of drug-likeness (QED) is 0.0648. The highest BCUT2D eigenvalue weighted by molar-refractivity contribution is 14.1. The number of fused-ring (bicyclic) bond motifs is 3. The van der Waals surface area contributed by atoms with Gasteiger partial charge in [-0.05, 0) is 134 Å². The summed E-state index contributed by atoms with van der Waals surface area (Å²) >= 11 is 6.49. The van der Waals surface area contributed by atoms with Crippen molar-refractivity contribution in [2.75, 3.05) is 9.80 Å². The number of anilines is 6. The fourth-order valence-electron chi connectivity index (χ4n) is 7.60. The van der Waals surface area contributed by atoms with Gasteiger partial charge in [-0.15, -0.1) is 0 Å². The maximum atomic E-state index is 3.66. The predicted octanol–water partition coefficient (Wildman–Crippen LogP) is 15.7. The van der Waals surface area contributed by atoms with Crippen LogP contribution in [0.4, 0.5) is 34.1 Å². The van der Waals surface area contributed by atoms with Crippen LogP contribution in [0, 0.1) is 20.8 Å². The van der Waals surface area contributed by atoms with Crippen molar-refractivity contribution in [1.29, 1.82) is 0 Å². The topological polar surface area (TPSA) is 6.48 Å². The molecule has 0 radical (unpaired) electrons. The van der Waals surface area contributed by atoms with Gasteiger partial charge in [0.25, 0.3) is 0 Å². The number of halogens is 2. The smallest absolute Gasteiger partial charge is 0.0732 e. The number of alkyl halides is 1. The minimum Gasteiger partial charge on any atom is -0.310 e. The largest absolute Gasteiger partial charge is 0.310 e. The van der Waals surface area contributed by atoms with E-state index in [9.17, 15) is 0 Å². The second kappa shape index (κ2) is 16.0. The van der Waals surface area contributed by atoms with Crippen LogP contribution < -0.4 is 9.80 Å². The minimum absolute atomic E-state index is 0.163. The molecular weight excluding hydrogens is 811 g/mol. The molecular formula is C48H48BrIN2. The van der Waals surface area contributed by atoms with E-state index in [0.717, 1.165) is 22.3 Å². The first-order chi connectivity index (χ1) is 25.2. The van der Waals surface area contributed by atoms with Gasteiger partial charge in [0.05, 0.1) is 3.42 Å². The van der Waals surface area contributed by atoms with E-state index in [0.29, 0.717) is 0 Å². The minimum atomic E-state index is -0.163. The Bertz CT molecular complexity index is 1880. The van der Waals surface area contributed by atoms with Crippen molar-refractivity contribution in [3.8, 4) is 11.1 Å². The molecule has 2 nitrogen and oxygen atoms in total. The second-order valence-electron chi connectivity index (χ2n) is 14.4. The lowest BCUT2D eigenvalue weighted by molar-refractivity contribution is 0.563. The Balaban J connectivity index is 1.35. The molecule has 6 aromatic carbocycles. The number of hydrogen-bond donors (Lipinski definition) is 0. The summed E-state index contributed by atoms with van der Waals surface area (Å²) in [6.45, 7) is 8.76. The fourth-order valence-corrected chi connectivity index (χ4v) is 9.14. The van der Waals surface area contributed by atoms with Gasteiger partial charge in [0, 0.05) is 38.6 Å². The predicted molar refractivity (Wildman–Crippen MR) is 236 cm³/mol. The van der Waals surface area contributed by atoms with Crippen LogP contribution in [0.25, 0.3) is 11.1 Å². The lowest BCUT2D eigenvalue weighted by Crippen LogP contribution is -2.18. The Morgan fingerprint density at radius 2 is 0.808 bits per heavy atom. The van der Waals surface area contributed by atoms with E-state index in [4.69, 9.17) is 0 Å². The lowest BCUT2D eigenvalue weighted by Gasteiger charge is -2.30. The maximum absolute atomic E-state index is 3.66. The summed E-state index contributed by atoms with van der Waals surface area (Å²) in [5.74, 6) is 0. The Labute approximate surface area is 333 Å². The highest BCUT2D eigenvalue weighted by Gasteiger charge is 2.41. The van der Waals surface area contributed by atoms with Crippen LogP contribution in [0.15, 0.2) is 138 Å². The summed E-state index contributed by atoms with van der Waals surface area (Å²) in [6, 6.07) is 49.8. The van der Waals surface area contributed by atoms with Crippen molar-refractivity contribution in [2.45, 2.75) is 76.1 Å². The third-order valence-electron chi connectivity index (χ3n) is 10.5. The van der Waals surface area contributed by atoms with E-state index in [-0.39, 0.29) is 3.42 Å². The number of nitrogens with zero attached hydrogens (tertiary/aromatic N) is 2. The summed E-state index contributed by atoms with van der Waals surface area (Å²) in [5, 5.41) is 0. The maximum Gasteiger partial charge on any atom is 0.0732 e. The van der Waals surface area contributed by atoms with E-state index >= 15 is 0 Å². The third-order valence-corrected chi connectivity index (χ3v) is 12.7. The molecule has 264 valence electrons. The SMILES string of the molecule is CCCCCCCCC1(I)c2cc(N(c3ccc(C)cc3)c3ccc(C)cc3)ccc2-c2ccc(N(c3ccc(C)cc3)c3ccc(Br)cc3)cc21. The molecule has 4 heteroatoms. The molecule has 0 saturated heterocycles. The van der Waals surface area contributed by atoms with Crippen LogP contribution in [-0.2, 0) is 3.42 Å². The summed E-state index contributed by atoms with van der Waals surface area (Å²) in [6.07, 6.45) is 8.80. The first-order valence-electron chi connectivity index (χ1n) is 18.8. The average molecular weight is 860 g/mol. The molecule has 52 heavy (non-hydrogen) atoms. The second-order valence-corrected chi connectivity index (χ2v) is 17.2. The third kappa shape index (κ3) is 7.61. The van der Waals surface area contributed by atoms with Crippen molar-refractivity contribution in [3.05, 3.63) is 166 Å². The Kier molecular flexibility index (Phi) is 11.2. The van der Waals surface area contributed by atoms with Crippen molar-refractivity contribution >= 4 is 72.6 Å². The van der Waals surface area contributed by atoms with Gasteiger partial charge in [0.2, 0.25) is 0 Å². The van der Waals surface area contributed by atoms with Gasteiger partial charge in [-0.25, -0.2) is 0 Å². The molecule has 0 N–H and O–H groups in total. The number of hydrogen-bond acceptors (Lipinski definition) is 2. The molecule has 7 rings (SSSR count). The average Bonchev–Trinajstić information content (AvgIpc) is 3.40. The van der Waals surface area contributed by atoms with Crippen LogP contribution >= 0.6 is 38.5 Å². The van der Waals surface area contributed by atoms with Crippen LogP contribution in [-0.4, -0.2) is 0 Å². The van der Waals surface area contributed by atoms with Crippen LogP contribution in [0.3, 0.4) is 0 Å². The lowest BCUT2D eigenvalue weighted by atomic mass is 9.90. The van der Waals surface area contributed by atoms with Crippen molar-refractivity contribution in [2.24, 2.45) is 0 Å². The number of unbranched alkanes of at least 4 members (excludes halogenated alkanes) is 5. The van der Waals surface area contributed by atoms with E-state index in [2.05, 4.69) is 209 Å². The van der Waals surface area contributed by atoms with E-state index in [1.165, 1.54) is 100 Å². The zero-order valence-electron chi connectivity index (χ0n) is 30.8. The highest BCUT2D eigenvalue weighted by atomic mass is 127. The number of benzene rings is 6. The Hall–Kier alpha value is -3.87. The zero-order chi connectivity index (χ0) is 36.2. The van der Waals surface area contributed by atoms with Gasteiger partial charge in [-0.2, -0.15) is 0 Å². The van der Waals surface area contributed by atoms with Gasteiger partial charge in [0.15, 0.2) is 0 Å². The summed E-state index contributed by atoms with van der Waals surface area (Å²) in [7, 11) is 0. The summed E-state index contributed by atoms with van der Waals surface area (Å²) < 4.78 is 0.917. The van der Waals surface area contributed by atoms with Crippen molar-refractivity contribution < 1.29 is 0 Å². The van der Waals surface area contributed by atoms with Crippen molar-refractivity contribution in [1.82, 2.24) is 0 Å². The van der Waals surface area contributed by atoms with Gasteiger partial charge < -0.3 is 9.80 Å². The first kappa shape index (κ1) is 36.5. The number of rotatable bonds is 13. The Morgan fingerprint density at radius 1 is 0.462 bits per heavy atom. The standard InChI is InChI=1S/C48H48BrIN2/c1-5-6-7-8-9-10-31-48(50)46-32-42(51(38-19-11-34(2)12-20-38)39-21-13-35(3)14-22-39)27-29-44(46)45-30-28-43(33-47(45)48)52(40-23-15-36(4)16-24-40)41-25-17-37(49)18-26-41/h11-30,32-33H,5-10,31H2,1-4H3. The molecule has 1 aliphatic carbocycles. The number of aryl methyl sites for hydroxylation is 3. The molecule has 6 aromatic rings. The molecule has 0 fully saturated rings. The van der Waals surface area contributed by atoms with Crippen LogP contribution in [0.5, 0.6) is 0 Å². The zero-order valence-corrected chi connectivity index (χ0v) is 34.5. The molecule has 1 unspecified atom stereocenters. The van der Waals surface area contributed by atoms with Crippen LogP contribution in [0.1, 0.15) is 79.7 Å². The van der Waals surface area contributed by atoms with Crippen molar-refractivity contribution in [3.63, 3.8) is 0 Å². The molecule has 1 atom stereocenters. The van der Waals surface area contributed by atoms with E-state index in [1.54, 1.807) is 0 Å². The summed E-state index contributed by atoms with van der Waals surface area (Å²) in [5.41, 5.74) is 16.3. The monoisotopic (exact) mass is 858 g/mol. The molecule has 0 saturated carbocycles. The molecule has 0 aliphatic heterocycles. The molecule has 0 bridgehead atoms. The van der Waals surface area contributed by atoms with E-state index < -0.39 is 0 Å². The first-order valence-corrected chi connectivity index (χ1v) is 20.7. The normalized spacial score (nSPS) is 14.6. The summed E-state index contributed by atoms with van der Waals surface area (Å²) in [4.78, 5) is 4.82. The van der Waals surface area contributed by atoms with Crippen LogP contribution in [0.2, 0.25) is 0 Å². The van der Waals surface area contributed by atoms with Gasteiger partial charge in [-0.1, -0.05) is 149 Å². The van der Waals surface area contributed by atoms with Gasteiger partial charge >= 0.3 is 0 Å². The molecule has 0 heterocycles. The van der Waals surface area contributed by atoms with Gasteiger partial charge in [-0.3, -0.25) is 0 Å². The molecule has 0 spiro atoms. The molecule has 0 aromatic heterocycles. The van der Waals surface area contributed by atoms with E-state index in [1.807, 2.05) is 0 Å². The molecule has 1 aliphatic rings. The molecule has 0 amide bonds.